The van der Waals surface area contributed by atoms with E-state index in [2.05, 4.69) is 25.2 Å². The molecule has 0 saturated carbocycles. The SMILES string of the molecule is CC1C=CCC[C]([Hg])=C1. The van der Waals surface area contributed by atoms with Crippen LogP contribution in [-0.2, 0) is 26.1 Å². The molecule has 0 aliphatic heterocycles. The van der Waals surface area contributed by atoms with Crippen molar-refractivity contribution in [3.05, 3.63) is 21.3 Å². The van der Waals surface area contributed by atoms with Gasteiger partial charge in [0.15, 0.2) is 0 Å². The van der Waals surface area contributed by atoms with E-state index in [0.29, 0.717) is 5.92 Å². The van der Waals surface area contributed by atoms with Crippen molar-refractivity contribution in [2.45, 2.75) is 19.8 Å². The van der Waals surface area contributed by atoms with Crippen LogP contribution in [0.25, 0.3) is 0 Å². The number of hydrogen-bond donors (Lipinski definition) is 0. The van der Waals surface area contributed by atoms with Gasteiger partial charge in [0.05, 0.1) is 0 Å². The summed E-state index contributed by atoms with van der Waals surface area (Å²) >= 11 is 0.876. The van der Waals surface area contributed by atoms with Crippen LogP contribution in [0.1, 0.15) is 19.8 Å². The molecule has 0 nitrogen and oxygen atoms in total. The van der Waals surface area contributed by atoms with E-state index in [1.54, 1.807) is 3.08 Å². The van der Waals surface area contributed by atoms with Gasteiger partial charge in [-0.3, -0.25) is 0 Å². The minimum atomic E-state index is 0.708. The van der Waals surface area contributed by atoms with Crippen molar-refractivity contribution in [3.63, 3.8) is 0 Å². The van der Waals surface area contributed by atoms with Crippen LogP contribution in [0, 0.1) is 5.92 Å². The first kappa shape index (κ1) is 7.52. The Labute approximate surface area is 73.0 Å². The summed E-state index contributed by atoms with van der Waals surface area (Å²) < 4.78 is 1.73. The third-order valence-corrected chi connectivity index (χ3v) is 3.86. The van der Waals surface area contributed by atoms with Gasteiger partial charge < -0.3 is 0 Å². The molecule has 0 saturated heterocycles. The fraction of sp³-hybridized carbons (Fsp3) is 0.500. The van der Waals surface area contributed by atoms with Gasteiger partial charge >= 0.3 is 73.1 Å². The molecule has 0 N–H and O–H groups in total. The zero-order chi connectivity index (χ0) is 6.69. The molecule has 1 rings (SSSR count). The second kappa shape index (κ2) is 3.55. The maximum absolute atomic E-state index is 2.42. The Morgan fingerprint density at radius 1 is 1.67 bits per heavy atom. The van der Waals surface area contributed by atoms with E-state index in [9.17, 15) is 0 Å². The van der Waals surface area contributed by atoms with Gasteiger partial charge in [0, 0.05) is 0 Å². The van der Waals surface area contributed by atoms with E-state index >= 15 is 0 Å². The molecule has 0 amide bonds. The van der Waals surface area contributed by atoms with E-state index in [-0.39, 0.29) is 0 Å². The first-order valence-corrected chi connectivity index (χ1v) is 6.23. The maximum atomic E-state index is 2.42. The summed E-state index contributed by atoms with van der Waals surface area (Å²) in [6, 6.07) is 0. The van der Waals surface area contributed by atoms with Crippen LogP contribution in [0.5, 0.6) is 0 Å². The standard InChI is InChI=1S/C8H11.Hg/c1-8-6-4-2-3-5-7-8;/h4,6-8H,2-3H2,1H3;. The van der Waals surface area contributed by atoms with Crippen LogP contribution in [-0.4, -0.2) is 0 Å². The van der Waals surface area contributed by atoms with Gasteiger partial charge in [0.2, 0.25) is 0 Å². The molecule has 1 heteroatoms. The molecule has 1 aliphatic carbocycles. The molecule has 0 aromatic rings. The van der Waals surface area contributed by atoms with Crippen LogP contribution in [0.15, 0.2) is 21.3 Å². The van der Waals surface area contributed by atoms with Gasteiger partial charge in [-0.1, -0.05) is 0 Å². The van der Waals surface area contributed by atoms with Gasteiger partial charge in [-0.2, -0.15) is 0 Å². The van der Waals surface area contributed by atoms with E-state index in [1.807, 2.05) is 0 Å². The summed E-state index contributed by atoms with van der Waals surface area (Å²) in [7, 11) is 0. The van der Waals surface area contributed by atoms with E-state index in [4.69, 9.17) is 0 Å². The van der Waals surface area contributed by atoms with Gasteiger partial charge in [0.25, 0.3) is 0 Å². The van der Waals surface area contributed by atoms with Gasteiger partial charge in [-0.05, 0) is 0 Å². The Morgan fingerprint density at radius 2 is 2.44 bits per heavy atom. The van der Waals surface area contributed by atoms with Crippen molar-refractivity contribution < 1.29 is 26.1 Å². The van der Waals surface area contributed by atoms with Crippen LogP contribution < -0.4 is 0 Å². The van der Waals surface area contributed by atoms with Crippen molar-refractivity contribution in [3.8, 4) is 0 Å². The van der Waals surface area contributed by atoms with Crippen LogP contribution in [0.2, 0.25) is 0 Å². The second-order valence-electron chi connectivity index (χ2n) is 2.65. The van der Waals surface area contributed by atoms with Crippen molar-refractivity contribution in [1.29, 1.82) is 0 Å². The Kier molecular flexibility index (Phi) is 2.97. The van der Waals surface area contributed by atoms with Gasteiger partial charge in [-0.15, -0.1) is 0 Å². The number of allylic oxidation sites excluding steroid dienone is 4. The predicted octanol–water partition coefficient (Wildman–Crippen LogP) is 2.40. The summed E-state index contributed by atoms with van der Waals surface area (Å²) in [6.07, 6.45) is 9.65. The molecule has 0 bridgehead atoms. The first-order chi connectivity index (χ1) is 4.29. The Bertz CT molecular complexity index is 145. The van der Waals surface area contributed by atoms with Crippen LogP contribution >= 0.6 is 0 Å². The molecule has 0 aromatic heterocycles. The first-order valence-electron chi connectivity index (χ1n) is 3.48. The molecule has 0 radical (unpaired) electrons. The van der Waals surface area contributed by atoms with Crippen molar-refractivity contribution in [1.82, 2.24) is 0 Å². The van der Waals surface area contributed by atoms with E-state index in [1.165, 1.54) is 12.8 Å². The molecule has 45 valence electrons. The molecular formula is C8H11Hg. The monoisotopic (exact) mass is 309 g/mol. The summed E-state index contributed by atoms with van der Waals surface area (Å²) in [5.41, 5.74) is 0. The van der Waals surface area contributed by atoms with Crippen molar-refractivity contribution in [2.75, 3.05) is 0 Å². The number of hydrogen-bond acceptors (Lipinski definition) is 0. The topological polar surface area (TPSA) is 0 Å². The van der Waals surface area contributed by atoms with Crippen molar-refractivity contribution in [2.24, 2.45) is 5.92 Å². The normalized spacial score (nSPS) is 27.4. The Hall–Kier alpha value is 0.415. The van der Waals surface area contributed by atoms with Crippen LogP contribution in [0.3, 0.4) is 0 Å². The fourth-order valence-corrected chi connectivity index (χ4v) is 3.33. The summed E-state index contributed by atoms with van der Waals surface area (Å²) in [5.74, 6) is 0.708. The summed E-state index contributed by atoms with van der Waals surface area (Å²) in [5, 5.41) is 0. The molecule has 0 heterocycles. The number of rotatable bonds is 0. The molecule has 0 spiro atoms. The fourth-order valence-electron chi connectivity index (χ4n) is 1.09. The van der Waals surface area contributed by atoms with Crippen LogP contribution in [0.4, 0.5) is 0 Å². The quantitative estimate of drug-likeness (QED) is 0.476. The van der Waals surface area contributed by atoms with Gasteiger partial charge in [0.1, 0.15) is 0 Å². The molecule has 0 aromatic carbocycles. The zero-order valence-electron chi connectivity index (χ0n) is 5.93. The van der Waals surface area contributed by atoms with E-state index < -0.39 is 0 Å². The second-order valence-corrected chi connectivity index (χ2v) is 6.18. The molecular weight excluding hydrogens is 297 g/mol. The average Bonchev–Trinajstić information content (AvgIpc) is 1.93. The third-order valence-electron chi connectivity index (χ3n) is 1.57. The zero-order valence-corrected chi connectivity index (χ0v) is 11.4. The molecule has 1 unspecified atom stereocenters. The predicted molar refractivity (Wildman–Crippen MR) is 35.6 cm³/mol. The third kappa shape index (κ3) is 2.66. The Morgan fingerprint density at radius 3 is 3.22 bits per heavy atom. The van der Waals surface area contributed by atoms with Crippen molar-refractivity contribution >= 4 is 0 Å². The average molecular weight is 308 g/mol. The molecule has 0 fully saturated rings. The summed E-state index contributed by atoms with van der Waals surface area (Å²) in [4.78, 5) is 0. The summed E-state index contributed by atoms with van der Waals surface area (Å²) in [6.45, 7) is 2.26. The van der Waals surface area contributed by atoms with E-state index in [0.717, 1.165) is 26.1 Å². The molecule has 1 aliphatic rings. The minimum absolute atomic E-state index is 0.708. The molecule has 9 heavy (non-hydrogen) atoms. The molecule has 1 atom stereocenters. The van der Waals surface area contributed by atoms with Gasteiger partial charge in [-0.25, -0.2) is 0 Å². The Balaban J connectivity index is 2.62.